The predicted molar refractivity (Wildman–Crippen MR) is 86.8 cm³/mol. The minimum atomic E-state index is 0.732. The summed E-state index contributed by atoms with van der Waals surface area (Å²) in [6.07, 6.45) is 0. The Balaban J connectivity index is 2.24. The van der Waals surface area contributed by atoms with Gasteiger partial charge < -0.3 is 0 Å². The zero-order valence-electron chi connectivity index (χ0n) is 11.9. The van der Waals surface area contributed by atoms with E-state index in [1.807, 2.05) is 49.4 Å². The molecule has 0 aliphatic rings. The highest BCUT2D eigenvalue weighted by Crippen LogP contribution is 2.31. The van der Waals surface area contributed by atoms with Crippen molar-refractivity contribution in [2.75, 3.05) is 0 Å². The molecule has 0 spiro atoms. The third-order valence-corrected chi connectivity index (χ3v) is 3.72. The molecule has 1 nitrogen and oxygen atoms in total. The van der Waals surface area contributed by atoms with Crippen molar-refractivity contribution < 1.29 is 0 Å². The van der Waals surface area contributed by atoms with Crippen molar-refractivity contribution in [3.05, 3.63) is 83.9 Å². The maximum Gasteiger partial charge on any atom is 0.0994 e. The second-order valence-electron chi connectivity index (χ2n) is 5.04. The first-order chi connectivity index (χ1) is 10.3. The summed E-state index contributed by atoms with van der Waals surface area (Å²) in [5, 5.41) is 9.41. The van der Waals surface area contributed by atoms with Crippen LogP contribution in [-0.4, -0.2) is 0 Å². The van der Waals surface area contributed by atoms with E-state index in [-0.39, 0.29) is 0 Å². The van der Waals surface area contributed by atoms with E-state index in [9.17, 15) is 5.26 Å². The van der Waals surface area contributed by atoms with Crippen molar-refractivity contribution in [2.24, 2.45) is 0 Å². The van der Waals surface area contributed by atoms with Gasteiger partial charge in [0.05, 0.1) is 11.6 Å². The predicted octanol–water partition coefficient (Wildman–Crippen LogP) is 5.20. The van der Waals surface area contributed by atoms with Gasteiger partial charge in [0.1, 0.15) is 0 Å². The van der Waals surface area contributed by atoms with Crippen molar-refractivity contribution in [3.8, 4) is 28.3 Å². The zero-order chi connectivity index (χ0) is 14.7. The van der Waals surface area contributed by atoms with E-state index in [0.29, 0.717) is 0 Å². The number of benzene rings is 3. The normalized spacial score (nSPS) is 10.1. The van der Waals surface area contributed by atoms with Crippen LogP contribution in [0.3, 0.4) is 0 Å². The van der Waals surface area contributed by atoms with E-state index in [1.54, 1.807) is 0 Å². The van der Waals surface area contributed by atoms with Crippen LogP contribution in [0.4, 0.5) is 0 Å². The quantitative estimate of drug-likeness (QED) is 0.627. The van der Waals surface area contributed by atoms with Crippen LogP contribution >= 0.6 is 0 Å². The molecule has 0 aromatic heterocycles. The molecule has 0 amide bonds. The minimum Gasteiger partial charge on any atom is -0.192 e. The number of nitriles is 1. The van der Waals surface area contributed by atoms with Gasteiger partial charge in [-0.25, -0.2) is 0 Å². The molecule has 100 valence electrons. The molecule has 0 atom stereocenters. The van der Waals surface area contributed by atoms with Crippen LogP contribution in [0.1, 0.15) is 11.1 Å². The Labute approximate surface area is 125 Å². The molecule has 0 aliphatic carbocycles. The lowest BCUT2D eigenvalue weighted by Gasteiger charge is -2.11. The summed E-state index contributed by atoms with van der Waals surface area (Å²) in [6.45, 7) is 2.01. The second-order valence-corrected chi connectivity index (χ2v) is 5.04. The number of rotatable bonds is 2. The topological polar surface area (TPSA) is 23.8 Å². The molecule has 21 heavy (non-hydrogen) atoms. The lowest BCUT2D eigenvalue weighted by Crippen LogP contribution is -1.91. The van der Waals surface area contributed by atoms with E-state index in [4.69, 9.17) is 0 Å². The third kappa shape index (κ3) is 2.57. The molecular weight excluding hydrogens is 254 g/mol. The fourth-order valence-corrected chi connectivity index (χ4v) is 2.55. The van der Waals surface area contributed by atoms with Crippen molar-refractivity contribution in [2.45, 2.75) is 6.92 Å². The highest BCUT2D eigenvalue weighted by molar-refractivity contribution is 5.78. The SMILES string of the molecule is Cc1c(C#N)cc(-c2ccccc2)cc1-c1ccccc1. The standard InChI is InChI=1S/C20H15N/c1-15-19(14-21)12-18(16-8-4-2-5-9-16)13-20(15)17-10-6-3-7-11-17/h2-13H,1H3. The molecule has 0 unspecified atom stereocenters. The van der Waals surface area contributed by atoms with Crippen molar-refractivity contribution in [1.29, 1.82) is 5.26 Å². The molecule has 3 aromatic carbocycles. The summed E-state index contributed by atoms with van der Waals surface area (Å²) in [5.41, 5.74) is 6.24. The van der Waals surface area contributed by atoms with Gasteiger partial charge in [-0.2, -0.15) is 5.26 Å². The molecule has 0 bridgehead atoms. The first-order valence-corrected chi connectivity index (χ1v) is 6.95. The molecule has 0 fully saturated rings. The summed E-state index contributed by atoms with van der Waals surface area (Å²) < 4.78 is 0. The summed E-state index contributed by atoms with van der Waals surface area (Å²) in [5.74, 6) is 0. The Morgan fingerprint density at radius 2 is 1.29 bits per heavy atom. The average Bonchev–Trinajstić information content (AvgIpc) is 2.56. The Kier molecular flexibility index (Phi) is 3.53. The lowest BCUT2D eigenvalue weighted by atomic mass is 9.92. The summed E-state index contributed by atoms with van der Waals surface area (Å²) in [7, 11) is 0. The van der Waals surface area contributed by atoms with Gasteiger partial charge in [-0.05, 0) is 46.9 Å². The molecule has 0 saturated carbocycles. The van der Waals surface area contributed by atoms with Crippen LogP contribution in [0.25, 0.3) is 22.3 Å². The molecule has 0 saturated heterocycles. The maximum absolute atomic E-state index is 9.41. The van der Waals surface area contributed by atoms with Gasteiger partial charge in [0.25, 0.3) is 0 Å². The van der Waals surface area contributed by atoms with Crippen LogP contribution in [0.5, 0.6) is 0 Å². The van der Waals surface area contributed by atoms with Crippen molar-refractivity contribution >= 4 is 0 Å². The van der Waals surface area contributed by atoms with E-state index in [1.165, 1.54) is 0 Å². The molecule has 3 rings (SSSR count). The highest BCUT2D eigenvalue weighted by Gasteiger charge is 2.09. The average molecular weight is 269 g/mol. The molecule has 0 radical (unpaired) electrons. The van der Waals surface area contributed by atoms with E-state index in [2.05, 4.69) is 36.4 Å². The van der Waals surface area contributed by atoms with Gasteiger partial charge >= 0.3 is 0 Å². The van der Waals surface area contributed by atoms with Crippen molar-refractivity contribution in [3.63, 3.8) is 0 Å². The van der Waals surface area contributed by atoms with Gasteiger partial charge in [0.15, 0.2) is 0 Å². The first kappa shape index (κ1) is 13.1. The molecule has 1 heteroatoms. The number of nitrogens with zero attached hydrogens (tertiary/aromatic N) is 1. The highest BCUT2D eigenvalue weighted by atomic mass is 14.3. The van der Waals surface area contributed by atoms with Crippen LogP contribution in [0.2, 0.25) is 0 Å². The van der Waals surface area contributed by atoms with Crippen LogP contribution in [-0.2, 0) is 0 Å². The molecule has 3 aromatic rings. The smallest absolute Gasteiger partial charge is 0.0994 e. The maximum atomic E-state index is 9.41. The zero-order valence-corrected chi connectivity index (χ0v) is 11.9. The molecular formula is C20H15N. The lowest BCUT2D eigenvalue weighted by molar-refractivity contribution is 1.39. The Morgan fingerprint density at radius 1 is 0.714 bits per heavy atom. The largest absolute Gasteiger partial charge is 0.192 e. The third-order valence-electron chi connectivity index (χ3n) is 3.72. The van der Waals surface area contributed by atoms with Gasteiger partial charge in [0.2, 0.25) is 0 Å². The Hall–Kier alpha value is -2.85. The summed E-state index contributed by atoms with van der Waals surface area (Å²) in [4.78, 5) is 0. The Morgan fingerprint density at radius 3 is 1.86 bits per heavy atom. The van der Waals surface area contributed by atoms with E-state index < -0.39 is 0 Å². The van der Waals surface area contributed by atoms with Gasteiger partial charge in [-0.1, -0.05) is 60.7 Å². The monoisotopic (exact) mass is 269 g/mol. The molecule has 0 heterocycles. The van der Waals surface area contributed by atoms with Crippen molar-refractivity contribution in [1.82, 2.24) is 0 Å². The van der Waals surface area contributed by atoms with E-state index >= 15 is 0 Å². The fourth-order valence-electron chi connectivity index (χ4n) is 2.55. The fraction of sp³-hybridized carbons (Fsp3) is 0.0500. The summed E-state index contributed by atoms with van der Waals surface area (Å²) in [6, 6.07) is 26.8. The van der Waals surface area contributed by atoms with Gasteiger partial charge in [0, 0.05) is 0 Å². The molecule has 0 N–H and O–H groups in total. The van der Waals surface area contributed by atoms with Crippen LogP contribution < -0.4 is 0 Å². The number of hydrogen-bond donors (Lipinski definition) is 0. The number of hydrogen-bond acceptors (Lipinski definition) is 1. The van der Waals surface area contributed by atoms with Gasteiger partial charge in [-0.3, -0.25) is 0 Å². The van der Waals surface area contributed by atoms with Gasteiger partial charge in [-0.15, -0.1) is 0 Å². The van der Waals surface area contributed by atoms with Crippen LogP contribution in [0, 0.1) is 18.3 Å². The minimum absolute atomic E-state index is 0.732. The van der Waals surface area contributed by atoms with Crippen LogP contribution in [0.15, 0.2) is 72.8 Å². The summed E-state index contributed by atoms with van der Waals surface area (Å²) >= 11 is 0. The Bertz CT molecular complexity index is 796. The van der Waals surface area contributed by atoms with E-state index in [0.717, 1.165) is 33.4 Å². The first-order valence-electron chi connectivity index (χ1n) is 6.95. The molecule has 0 aliphatic heterocycles. The second kappa shape index (κ2) is 5.64.